The number of amides is 1. The van der Waals surface area contributed by atoms with Gasteiger partial charge in [-0.3, -0.25) is 9.78 Å². The lowest BCUT2D eigenvalue weighted by Crippen LogP contribution is -2.30. The molecular weight excluding hydrogens is 266 g/mol. The highest BCUT2D eigenvalue weighted by atomic mass is 16.5. The van der Waals surface area contributed by atoms with Crippen LogP contribution in [0.2, 0.25) is 0 Å². The van der Waals surface area contributed by atoms with Gasteiger partial charge in [-0.15, -0.1) is 0 Å². The Kier molecular flexibility index (Phi) is 3.99. The van der Waals surface area contributed by atoms with Gasteiger partial charge in [0.1, 0.15) is 0 Å². The van der Waals surface area contributed by atoms with E-state index in [0.717, 1.165) is 42.8 Å². The number of nitrogens with zero attached hydrogens (tertiary/aromatic N) is 3. The van der Waals surface area contributed by atoms with E-state index in [0.29, 0.717) is 6.42 Å². The monoisotopic (exact) mass is 285 g/mol. The zero-order valence-corrected chi connectivity index (χ0v) is 12.2. The summed E-state index contributed by atoms with van der Waals surface area (Å²) in [6, 6.07) is 5.88. The molecule has 21 heavy (non-hydrogen) atoms. The molecule has 1 fully saturated rings. The first-order chi connectivity index (χ1) is 10.2. The van der Waals surface area contributed by atoms with E-state index in [1.54, 1.807) is 6.20 Å². The van der Waals surface area contributed by atoms with Gasteiger partial charge in [-0.1, -0.05) is 11.2 Å². The van der Waals surface area contributed by atoms with E-state index in [9.17, 15) is 4.79 Å². The summed E-state index contributed by atoms with van der Waals surface area (Å²) in [5, 5.41) is 3.93. The molecule has 0 radical (unpaired) electrons. The van der Waals surface area contributed by atoms with E-state index in [2.05, 4.69) is 10.1 Å². The molecule has 1 atom stereocenters. The van der Waals surface area contributed by atoms with Gasteiger partial charge < -0.3 is 9.42 Å². The fraction of sp³-hybridized carbons (Fsp3) is 0.438. The number of pyridine rings is 1. The molecule has 1 saturated heterocycles. The molecule has 5 heteroatoms. The quantitative estimate of drug-likeness (QED) is 0.866. The standard InChI is InChI=1S/C16H19N3O2/c1-12-10-15(21-18-12)14-5-3-9-19(14)16(20)7-6-13-4-2-8-17-11-13/h2,4,8,10-11,14H,3,5-7,9H2,1H3/t14-/m1/s1. The lowest BCUT2D eigenvalue weighted by atomic mass is 10.1. The Morgan fingerprint density at radius 3 is 3.14 bits per heavy atom. The van der Waals surface area contributed by atoms with Gasteiger partial charge in [0.15, 0.2) is 5.76 Å². The second kappa shape index (κ2) is 6.08. The van der Waals surface area contributed by atoms with Gasteiger partial charge >= 0.3 is 0 Å². The van der Waals surface area contributed by atoms with Crippen molar-refractivity contribution in [1.82, 2.24) is 15.0 Å². The maximum atomic E-state index is 12.5. The molecule has 3 heterocycles. The van der Waals surface area contributed by atoms with Crippen LogP contribution in [0, 0.1) is 6.92 Å². The van der Waals surface area contributed by atoms with Crippen molar-refractivity contribution in [3.05, 3.63) is 47.6 Å². The molecule has 0 bridgehead atoms. The molecular formula is C16H19N3O2. The third kappa shape index (κ3) is 3.12. The van der Waals surface area contributed by atoms with Crippen molar-refractivity contribution < 1.29 is 9.32 Å². The fourth-order valence-electron chi connectivity index (χ4n) is 2.84. The van der Waals surface area contributed by atoms with Gasteiger partial charge in [-0.2, -0.15) is 0 Å². The average Bonchev–Trinajstić information content (AvgIpc) is 3.14. The highest BCUT2D eigenvalue weighted by molar-refractivity contribution is 5.77. The Morgan fingerprint density at radius 1 is 1.52 bits per heavy atom. The number of rotatable bonds is 4. The molecule has 0 aromatic carbocycles. The van der Waals surface area contributed by atoms with Crippen molar-refractivity contribution in [3.63, 3.8) is 0 Å². The summed E-state index contributed by atoms with van der Waals surface area (Å²) in [5.74, 6) is 0.982. The highest BCUT2D eigenvalue weighted by Crippen LogP contribution is 2.32. The molecule has 5 nitrogen and oxygen atoms in total. The van der Waals surface area contributed by atoms with E-state index < -0.39 is 0 Å². The van der Waals surface area contributed by atoms with Crippen LogP contribution >= 0.6 is 0 Å². The van der Waals surface area contributed by atoms with Crippen LogP contribution < -0.4 is 0 Å². The maximum Gasteiger partial charge on any atom is 0.223 e. The summed E-state index contributed by atoms with van der Waals surface area (Å²) < 4.78 is 5.34. The Hall–Kier alpha value is -2.17. The zero-order chi connectivity index (χ0) is 14.7. The predicted octanol–water partition coefficient (Wildman–Crippen LogP) is 2.67. The van der Waals surface area contributed by atoms with Gasteiger partial charge in [0.25, 0.3) is 0 Å². The largest absolute Gasteiger partial charge is 0.359 e. The SMILES string of the molecule is Cc1cc([C@H]2CCCN2C(=O)CCc2cccnc2)on1. The Morgan fingerprint density at radius 2 is 2.43 bits per heavy atom. The first kappa shape index (κ1) is 13.8. The molecule has 110 valence electrons. The smallest absolute Gasteiger partial charge is 0.223 e. The molecule has 0 spiro atoms. The van der Waals surface area contributed by atoms with Crippen LogP contribution in [0.3, 0.4) is 0 Å². The van der Waals surface area contributed by atoms with E-state index in [1.165, 1.54) is 0 Å². The normalized spacial score (nSPS) is 18.1. The lowest BCUT2D eigenvalue weighted by molar-refractivity contribution is -0.132. The third-order valence-electron chi connectivity index (χ3n) is 3.90. The van der Waals surface area contributed by atoms with E-state index in [1.807, 2.05) is 36.2 Å². The summed E-state index contributed by atoms with van der Waals surface area (Å²) in [4.78, 5) is 18.5. The average molecular weight is 285 g/mol. The first-order valence-corrected chi connectivity index (χ1v) is 7.35. The van der Waals surface area contributed by atoms with E-state index in [-0.39, 0.29) is 11.9 Å². The van der Waals surface area contributed by atoms with Crippen molar-refractivity contribution in [1.29, 1.82) is 0 Å². The van der Waals surface area contributed by atoms with E-state index >= 15 is 0 Å². The molecule has 1 aliphatic heterocycles. The van der Waals surface area contributed by atoms with Crippen molar-refractivity contribution in [3.8, 4) is 0 Å². The number of carbonyl (C=O) groups excluding carboxylic acids is 1. The summed E-state index contributed by atoms with van der Waals surface area (Å²) in [5.41, 5.74) is 1.96. The molecule has 0 N–H and O–H groups in total. The van der Waals surface area contributed by atoms with Gasteiger partial charge in [-0.25, -0.2) is 0 Å². The van der Waals surface area contributed by atoms with Gasteiger partial charge in [0.2, 0.25) is 5.91 Å². The molecule has 3 rings (SSSR count). The first-order valence-electron chi connectivity index (χ1n) is 7.35. The van der Waals surface area contributed by atoms with Crippen molar-refractivity contribution in [2.75, 3.05) is 6.54 Å². The fourth-order valence-corrected chi connectivity index (χ4v) is 2.84. The number of likely N-dealkylation sites (tertiary alicyclic amines) is 1. The topological polar surface area (TPSA) is 59.2 Å². The summed E-state index contributed by atoms with van der Waals surface area (Å²) >= 11 is 0. The molecule has 0 aliphatic carbocycles. The Bertz CT molecular complexity index is 609. The van der Waals surface area contributed by atoms with Crippen LogP contribution in [0.25, 0.3) is 0 Å². The summed E-state index contributed by atoms with van der Waals surface area (Å²) in [7, 11) is 0. The molecule has 2 aromatic rings. The van der Waals surface area contributed by atoms with Crippen LogP contribution in [0.1, 0.15) is 42.3 Å². The zero-order valence-electron chi connectivity index (χ0n) is 12.2. The molecule has 0 unspecified atom stereocenters. The lowest BCUT2D eigenvalue weighted by Gasteiger charge is -2.22. The third-order valence-corrected chi connectivity index (χ3v) is 3.90. The van der Waals surface area contributed by atoms with Crippen LogP contribution in [0.4, 0.5) is 0 Å². The predicted molar refractivity (Wildman–Crippen MR) is 77.5 cm³/mol. The Balaban J connectivity index is 1.63. The maximum absolute atomic E-state index is 12.5. The summed E-state index contributed by atoms with van der Waals surface area (Å²) in [6.07, 6.45) is 6.76. The molecule has 1 aliphatic rings. The minimum Gasteiger partial charge on any atom is -0.359 e. The number of aromatic nitrogens is 2. The van der Waals surface area contributed by atoms with Crippen molar-refractivity contribution >= 4 is 5.91 Å². The number of hydrogen-bond acceptors (Lipinski definition) is 4. The van der Waals surface area contributed by atoms with Crippen LogP contribution in [0.5, 0.6) is 0 Å². The molecule has 0 saturated carbocycles. The van der Waals surface area contributed by atoms with Crippen molar-refractivity contribution in [2.24, 2.45) is 0 Å². The van der Waals surface area contributed by atoms with Gasteiger partial charge in [0, 0.05) is 31.4 Å². The van der Waals surface area contributed by atoms with Gasteiger partial charge in [-0.05, 0) is 37.8 Å². The second-order valence-corrected chi connectivity index (χ2v) is 5.48. The van der Waals surface area contributed by atoms with Crippen LogP contribution in [-0.2, 0) is 11.2 Å². The van der Waals surface area contributed by atoms with Crippen LogP contribution in [-0.4, -0.2) is 27.5 Å². The minimum atomic E-state index is 0.0487. The second-order valence-electron chi connectivity index (χ2n) is 5.48. The van der Waals surface area contributed by atoms with E-state index in [4.69, 9.17) is 4.52 Å². The molecule has 2 aromatic heterocycles. The van der Waals surface area contributed by atoms with Crippen LogP contribution in [0.15, 0.2) is 35.1 Å². The summed E-state index contributed by atoms with van der Waals surface area (Å²) in [6.45, 7) is 2.70. The van der Waals surface area contributed by atoms with Crippen molar-refractivity contribution in [2.45, 2.75) is 38.6 Å². The highest BCUT2D eigenvalue weighted by Gasteiger charge is 2.32. The minimum absolute atomic E-state index is 0.0487. The number of aryl methyl sites for hydroxylation is 2. The molecule has 1 amide bonds. The number of hydrogen-bond donors (Lipinski definition) is 0. The number of carbonyl (C=O) groups is 1. The van der Waals surface area contributed by atoms with Gasteiger partial charge in [0.05, 0.1) is 11.7 Å². The Labute approximate surface area is 124 Å².